The van der Waals surface area contributed by atoms with Crippen LogP contribution in [0.5, 0.6) is 11.5 Å². The van der Waals surface area contributed by atoms with Crippen molar-refractivity contribution in [3.8, 4) is 11.5 Å². The number of para-hydroxylation sites is 1. The van der Waals surface area contributed by atoms with Gasteiger partial charge < -0.3 is 9.47 Å². The molecule has 0 radical (unpaired) electrons. The molecule has 0 aliphatic heterocycles. The first-order valence-corrected chi connectivity index (χ1v) is 11.4. The number of nitrogens with zero attached hydrogens (tertiary/aromatic N) is 4. The van der Waals surface area contributed by atoms with Gasteiger partial charge in [0.2, 0.25) is 0 Å². The van der Waals surface area contributed by atoms with Gasteiger partial charge in [-0.2, -0.15) is 5.10 Å². The molecule has 35 heavy (non-hydrogen) atoms. The molecule has 1 amide bonds. The first-order valence-electron chi connectivity index (χ1n) is 9.98. The van der Waals surface area contributed by atoms with Crippen molar-refractivity contribution in [1.29, 1.82) is 0 Å². The van der Waals surface area contributed by atoms with Gasteiger partial charge in [-0.25, -0.2) is 13.8 Å². The van der Waals surface area contributed by atoms with E-state index in [0.29, 0.717) is 15.6 Å². The van der Waals surface area contributed by atoms with E-state index in [-0.39, 0.29) is 11.4 Å². The number of anilines is 1. The number of nitro groups is 1. The monoisotopic (exact) mass is 499 g/mol. The minimum absolute atomic E-state index is 0.0298. The lowest BCUT2D eigenvalue weighted by Gasteiger charge is -2.25. The number of hydrogen-bond donors (Lipinski definition) is 1. The number of nitro benzene ring substituents is 1. The third-order valence-corrected chi connectivity index (χ3v) is 6.47. The lowest BCUT2D eigenvalue weighted by Crippen LogP contribution is -2.40. The number of sulfonamides is 1. The van der Waals surface area contributed by atoms with Gasteiger partial charge in [0, 0.05) is 30.1 Å². The summed E-state index contributed by atoms with van der Waals surface area (Å²) in [6.07, 6.45) is 4.42. The first kappa shape index (κ1) is 25.1. The molecule has 0 spiro atoms. The zero-order valence-electron chi connectivity index (χ0n) is 18.7. The summed E-state index contributed by atoms with van der Waals surface area (Å²) in [6, 6.07) is 12.5. The van der Waals surface area contributed by atoms with Gasteiger partial charge in [-0.3, -0.25) is 24.2 Å². The second kappa shape index (κ2) is 11.1. The number of rotatable bonds is 10. The molecule has 0 fully saturated rings. The highest BCUT2D eigenvalue weighted by Crippen LogP contribution is 2.37. The van der Waals surface area contributed by atoms with Crippen LogP contribution in [0.15, 0.2) is 77.0 Å². The molecule has 0 atom stereocenters. The van der Waals surface area contributed by atoms with Crippen LogP contribution in [0.3, 0.4) is 0 Å². The van der Waals surface area contributed by atoms with Gasteiger partial charge >= 0.3 is 0 Å². The van der Waals surface area contributed by atoms with E-state index in [0.717, 1.165) is 12.1 Å². The van der Waals surface area contributed by atoms with Crippen molar-refractivity contribution in [2.24, 2.45) is 5.10 Å². The van der Waals surface area contributed by atoms with E-state index in [1.165, 1.54) is 57.0 Å². The lowest BCUT2D eigenvalue weighted by atomic mass is 10.2. The summed E-state index contributed by atoms with van der Waals surface area (Å²) >= 11 is 0. The Morgan fingerprint density at radius 3 is 2.60 bits per heavy atom. The molecule has 1 heterocycles. The molecule has 1 N–H and O–H groups in total. The summed E-state index contributed by atoms with van der Waals surface area (Å²) in [4.78, 5) is 26.7. The highest BCUT2D eigenvalue weighted by molar-refractivity contribution is 7.93. The average Bonchev–Trinajstić information content (AvgIpc) is 2.87. The fraction of sp³-hybridized carbons (Fsp3) is 0.136. The maximum absolute atomic E-state index is 13.6. The molecule has 13 heteroatoms. The normalized spacial score (nSPS) is 11.1. The van der Waals surface area contributed by atoms with Gasteiger partial charge in [0.1, 0.15) is 18.0 Å². The molecule has 1 aromatic heterocycles. The van der Waals surface area contributed by atoms with Gasteiger partial charge in [-0.15, -0.1) is 0 Å². The van der Waals surface area contributed by atoms with Crippen molar-refractivity contribution in [3.05, 3.63) is 82.7 Å². The van der Waals surface area contributed by atoms with Crippen molar-refractivity contribution >= 4 is 33.5 Å². The summed E-state index contributed by atoms with van der Waals surface area (Å²) < 4.78 is 38.4. The Hall–Kier alpha value is -4.52. The van der Waals surface area contributed by atoms with E-state index in [9.17, 15) is 23.3 Å². The molecule has 12 nitrogen and oxygen atoms in total. The third-order valence-electron chi connectivity index (χ3n) is 4.66. The number of carbonyl (C=O) groups excluding carboxylic acids is 1. The largest absolute Gasteiger partial charge is 0.497 e. The average molecular weight is 500 g/mol. The van der Waals surface area contributed by atoms with Crippen LogP contribution < -0.4 is 19.2 Å². The molecule has 3 rings (SSSR count). The number of pyridine rings is 1. The van der Waals surface area contributed by atoms with Gasteiger partial charge in [0.25, 0.3) is 21.6 Å². The minimum Gasteiger partial charge on any atom is -0.497 e. The van der Waals surface area contributed by atoms with E-state index in [4.69, 9.17) is 9.47 Å². The summed E-state index contributed by atoms with van der Waals surface area (Å²) in [5, 5.41) is 15.3. The van der Waals surface area contributed by atoms with Gasteiger partial charge in [-0.1, -0.05) is 18.2 Å². The summed E-state index contributed by atoms with van der Waals surface area (Å²) in [6.45, 7) is -0.749. The van der Waals surface area contributed by atoms with Crippen LogP contribution in [0.1, 0.15) is 5.56 Å². The highest BCUT2D eigenvalue weighted by Gasteiger charge is 2.34. The number of hydrazone groups is 1. The highest BCUT2D eigenvalue weighted by atomic mass is 32.2. The lowest BCUT2D eigenvalue weighted by molar-refractivity contribution is -0.387. The summed E-state index contributed by atoms with van der Waals surface area (Å²) in [5.41, 5.74) is 2.19. The Balaban J connectivity index is 2.02. The van der Waals surface area contributed by atoms with Crippen molar-refractivity contribution in [2.75, 3.05) is 25.1 Å². The molecule has 0 bridgehead atoms. The predicted molar refractivity (Wildman–Crippen MR) is 127 cm³/mol. The number of hydrogen-bond acceptors (Lipinski definition) is 9. The van der Waals surface area contributed by atoms with Crippen molar-refractivity contribution < 1.29 is 27.6 Å². The second-order valence-electron chi connectivity index (χ2n) is 6.85. The maximum Gasteiger partial charge on any atom is 0.289 e. The first-order chi connectivity index (χ1) is 16.8. The fourth-order valence-electron chi connectivity index (χ4n) is 3.03. The standard InChI is InChI=1S/C22H21N5O7S/c1-33-17-9-10-18(20(12-17)34-2)26(15-22(28)25-24-14-16-6-5-11-23-13-16)35(31,32)21-8-4-3-7-19(21)27(29)30/h3-14H,15H2,1-2H3,(H,25,28)/b24-14-. The van der Waals surface area contributed by atoms with Crippen molar-refractivity contribution in [2.45, 2.75) is 4.90 Å². The zero-order valence-corrected chi connectivity index (χ0v) is 19.5. The molecular formula is C22H21N5O7S. The molecule has 0 saturated carbocycles. The number of ether oxygens (including phenoxy) is 2. The predicted octanol–water partition coefficient (Wildman–Crippen LogP) is 2.35. The Morgan fingerprint density at radius 2 is 1.94 bits per heavy atom. The van der Waals surface area contributed by atoms with Crippen LogP contribution in [0, 0.1) is 10.1 Å². The van der Waals surface area contributed by atoms with Gasteiger partial charge in [-0.05, 0) is 24.3 Å². The molecule has 0 aliphatic carbocycles. The van der Waals surface area contributed by atoms with Gasteiger partial charge in [0.15, 0.2) is 4.90 Å². The van der Waals surface area contributed by atoms with Crippen LogP contribution in [-0.2, 0) is 14.8 Å². The van der Waals surface area contributed by atoms with Crippen LogP contribution in [0.25, 0.3) is 0 Å². The smallest absolute Gasteiger partial charge is 0.289 e. The summed E-state index contributed by atoms with van der Waals surface area (Å²) in [5.74, 6) is -0.359. The SMILES string of the molecule is COc1ccc(N(CC(=O)N/N=C\c2cccnc2)S(=O)(=O)c2ccccc2[N+](=O)[O-])c(OC)c1. The van der Waals surface area contributed by atoms with Crippen LogP contribution in [0.2, 0.25) is 0 Å². The molecule has 0 saturated heterocycles. The van der Waals surface area contributed by atoms with E-state index in [2.05, 4.69) is 15.5 Å². The Labute approximate surface area is 201 Å². The summed E-state index contributed by atoms with van der Waals surface area (Å²) in [7, 11) is -1.87. The fourth-order valence-corrected chi connectivity index (χ4v) is 4.62. The Morgan fingerprint density at radius 1 is 1.17 bits per heavy atom. The molecule has 3 aromatic rings. The quantitative estimate of drug-likeness (QED) is 0.253. The number of nitrogens with one attached hydrogen (secondary N) is 1. The van der Waals surface area contributed by atoms with E-state index >= 15 is 0 Å². The third kappa shape index (κ3) is 5.89. The zero-order chi connectivity index (χ0) is 25.4. The number of aromatic nitrogens is 1. The topological polar surface area (TPSA) is 153 Å². The Kier molecular flexibility index (Phi) is 7.94. The van der Waals surface area contributed by atoms with E-state index in [1.807, 2.05) is 0 Å². The molecule has 2 aromatic carbocycles. The molecule has 0 aliphatic rings. The van der Waals surface area contributed by atoms with Crippen LogP contribution in [-0.4, -0.2) is 51.2 Å². The number of methoxy groups -OCH3 is 2. The molecule has 0 unspecified atom stereocenters. The van der Waals surface area contributed by atoms with Crippen molar-refractivity contribution in [1.82, 2.24) is 10.4 Å². The van der Waals surface area contributed by atoms with Crippen LogP contribution in [0.4, 0.5) is 11.4 Å². The Bertz CT molecular complexity index is 1350. The van der Waals surface area contributed by atoms with Crippen molar-refractivity contribution in [3.63, 3.8) is 0 Å². The van der Waals surface area contributed by atoms with Gasteiger partial charge in [0.05, 0.1) is 31.0 Å². The second-order valence-corrected chi connectivity index (χ2v) is 8.68. The van der Waals surface area contributed by atoms with E-state index in [1.54, 1.807) is 18.3 Å². The van der Waals surface area contributed by atoms with Crippen LogP contribution >= 0.6 is 0 Å². The number of amides is 1. The molecular weight excluding hydrogens is 478 g/mol. The molecule has 182 valence electrons. The van der Waals surface area contributed by atoms with E-state index < -0.39 is 38.0 Å². The number of carbonyl (C=O) groups is 1. The minimum atomic E-state index is -4.61. The number of benzene rings is 2. The maximum atomic E-state index is 13.6.